The van der Waals surface area contributed by atoms with Crippen molar-refractivity contribution in [1.82, 2.24) is 4.98 Å². The lowest BCUT2D eigenvalue weighted by molar-refractivity contribution is -0.117. The topological polar surface area (TPSA) is 39.2 Å². The molecule has 0 saturated heterocycles. The second-order valence-electron chi connectivity index (χ2n) is 2.81. The summed E-state index contributed by atoms with van der Waals surface area (Å²) >= 11 is 0. The van der Waals surface area contributed by atoms with E-state index in [1.807, 2.05) is 0 Å². The molecule has 0 N–H and O–H groups in total. The molecule has 3 heteroatoms. The SMILES string of the molecule is C#CCC(=O)Cc1ccc(OC)nc1. The predicted octanol–water partition coefficient (Wildman–Crippen LogP) is 1.23. The zero-order chi connectivity index (χ0) is 10.4. The Hall–Kier alpha value is -1.82. The number of terminal acetylenes is 1. The summed E-state index contributed by atoms with van der Waals surface area (Å²) in [4.78, 5) is 15.1. The van der Waals surface area contributed by atoms with Crippen molar-refractivity contribution < 1.29 is 9.53 Å². The van der Waals surface area contributed by atoms with E-state index in [0.717, 1.165) is 5.56 Å². The van der Waals surface area contributed by atoms with Gasteiger partial charge in [0.15, 0.2) is 0 Å². The summed E-state index contributed by atoms with van der Waals surface area (Å²) in [6, 6.07) is 3.53. The maximum absolute atomic E-state index is 11.2. The highest BCUT2D eigenvalue weighted by atomic mass is 16.5. The number of pyridine rings is 1. The van der Waals surface area contributed by atoms with E-state index in [-0.39, 0.29) is 12.2 Å². The van der Waals surface area contributed by atoms with Crippen LogP contribution >= 0.6 is 0 Å². The first-order valence-corrected chi connectivity index (χ1v) is 4.20. The number of methoxy groups -OCH3 is 1. The Morgan fingerprint density at radius 3 is 2.93 bits per heavy atom. The van der Waals surface area contributed by atoms with Crippen molar-refractivity contribution in [2.45, 2.75) is 12.8 Å². The molecule has 0 fully saturated rings. The van der Waals surface area contributed by atoms with Crippen molar-refractivity contribution in [3.8, 4) is 18.2 Å². The van der Waals surface area contributed by atoms with E-state index < -0.39 is 0 Å². The minimum absolute atomic E-state index is 0.0273. The van der Waals surface area contributed by atoms with E-state index in [2.05, 4.69) is 10.9 Å². The molecular formula is C11H11NO2. The van der Waals surface area contributed by atoms with Crippen LogP contribution in [0, 0.1) is 12.3 Å². The number of ketones is 1. The van der Waals surface area contributed by atoms with Crippen LogP contribution in [-0.4, -0.2) is 17.9 Å². The summed E-state index contributed by atoms with van der Waals surface area (Å²) in [6.45, 7) is 0. The summed E-state index contributed by atoms with van der Waals surface area (Å²) in [7, 11) is 1.55. The fraction of sp³-hybridized carbons (Fsp3) is 0.273. The number of carbonyl (C=O) groups excluding carboxylic acids is 1. The van der Waals surface area contributed by atoms with Crippen LogP contribution in [0.1, 0.15) is 12.0 Å². The number of aromatic nitrogens is 1. The normalized spacial score (nSPS) is 9.14. The molecule has 0 atom stereocenters. The Morgan fingerprint density at radius 2 is 2.43 bits per heavy atom. The molecule has 0 radical (unpaired) electrons. The molecule has 14 heavy (non-hydrogen) atoms. The molecule has 1 aromatic rings. The molecule has 0 aliphatic carbocycles. The van der Waals surface area contributed by atoms with Gasteiger partial charge in [-0.15, -0.1) is 6.42 Å². The smallest absolute Gasteiger partial charge is 0.212 e. The van der Waals surface area contributed by atoms with Crippen LogP contribution in [0.5, 0.6) is 5.88 Å². The van der Waals surface area contributed by atoms with E-state index in [0.29, 0.717) is 12.3 Å². The summed E-state index contributed by atoms with van der Waals surface area (Å²) < 4.78 is 4.89. The van der Waals surface area contributed by atoms with Crippen LogP contribution in [0.15, 0.2) is 18.3 Å². The Labute approximate surface area is 83.1 Å². The zero-order valence-electron chi connectivity index (χ0n) is 7.99. The van der Waals surface area contributed by atoms with Gasteiger partial charge in [-0.3, -0.25) is 4.79 Å². The van der Waals surface area contributed by atoms with E-state index in [1.165, 1.54) is 0 Å². The first-order valence-electron chi connectivity index (χ1n) is 4.20. The van der Waals surface area contributed by atoms with Crippen molar-refractivity contribution in [2.75, 3.05) is 7.11 Å². The van der Waals surface area contributed by atoms with Gasteiger partial charge in [-0.1, -0.05) is 12.0 Å². The maximum atomic E-state index is 11.2. The molecule has 0 aromatic carbocycles. The van der Waals surface area contributed by atoms with Crippen LogP contribution in [0.25, 0.3) is 0 Å². The van der Waals surface area contributed by atoms with Crippen LogP contribution in [0.2, 0.25) is 0 Å². The van der Waals surface area contributed by atoms with Crippen LogP contribution in [-0.2, 0) is 11.2 Å². The molecule has 0 unspecified atom stereocenters. The Bertz CT molecular complexity index is 349. The van der Waals surface area contributed by atoms with Gasteiger partial charge < -0.3 is 4.74 Å². The molecule has 0 amide bonds. The molecule has 0 saturated carbocycles. The quantitative estimate of drug-likeness (QED) is 0.668. The van der Waals surface area contributed by atoms with Crippen LogP contribution in [0.3, 0.4) is 0 Å². The lowest BCUT2D eigenvalue weighted by Crippen LogP contribution is -2.01. The number of nitrogens with zero attached hydrogens (tertiary/aromatic N) is 1. The van der Waals surface area contributed by atoms with Gasteiger partial charge in [0.05, 0.1) is 13.5 Å². The second-order valence-corrected chi connectivity index (χ2v) is 2.81. The Balaban J connectivity index is 2.60. The summed E-state index contributed by atoms with van der Waals surface area (Å²) in [5.41, 5.74) is 0.853. The van der Waals surface area contributed by atoms with Gasteiger partial charge >= 0.3 is 0 Å². The lowest BCUT2D eigenvalue weighted by Gasteiger charge is -2.00. The molecular weight excluding hydrogens is 178 g/mol. The summed E-state index contributed by atoms with van der Waals surface area (Å²) in [6.07, 6.45) is 7.15. The largest absolute Gasteiger partial charge is 0.481 e. The second kappa shape index (κ2) is 5.03. The number of rotatable bonds is 4. The van der Waals surface area contributed by atoms with Crippen molar-refractivity contribution in [3.63, 3.8) is 0 Å². The van der Waals surface area contributed by atoms with Gasteiger partial charge in [-0.05, 0) is 5.56 Å². The van der Waals surface area contributed by atoms with E-state index in [9.17, 15) is 4.79 Å². The first kappa shape index (κ1) is 10.3. The van der Waals surface area contributed by atoms with Crippen molar-refractivity contribution in [1.29, 1.82) is 0 Å². The average molecular weight is 189 g/mol. The van der Waals surface area contributed by atoms with Gasteiger partial charge in [-0.25, -0.2) is 4.98 Å². The Morgan fingerprint density at radius 1 is 1.64 bits per heavy atom. The minimum atomic E-state index is 0.0273. The van der Waals surface area contributed by atoms with Gasteiger partial charge in [-0.2, -0.15) is 0 Å². The number of ether oxygens (including phenoxy) is 1. The highest BCUT2D eigenvalue weighted by Gasteiger charge is 2.02. The standard InChI is InChI=1S/C11H11NO2/c1-3-4-10(13)7-9-5-6-11(14-2)12-8-9/h1,5-6,8H,4,7H2,2H3. The molecule has 0 aliphatic heterocycles. The van der Waals surface area contributed by atoms with Gasteiger partial charge in [0, 0.05) is 18.7 Å². The highest BCUT2D eigenvalue weighted by Crippen LogP contribution is 2.07. The maximum Gasteiger partial charge on any atom is 0.212 e. The van der Waals surface area contributed by atoms with E-state index in [4.69, 9.17) is 11.2 Å². The average Bonchev–Trinajstić information content (AvgIpc) is 2.19. The summed E-state index contributed by atoms with van der Waals surface area (Å²) in [5.74, 6) is 2.88. The number of hydrogen-bond donors (Lipinski definition) is 0. The van der Waals surface area contributed by atoms with Gasteiger partial charge in [0.2, 0.25) is 5.88 Å². The number of Topliss-reactive ketones (excluding diaryl/α,β-unsaturated/α-hetero) is 1. The van der Waals surface area contributed by atoms with Crippen molar-refractivity contribution >= 4 is 5.78 Å². The summed E-state index contributed by atoms with van der Waals surface area (Å²) in [5, 5.41) is 0. The molecule has 0 aliphatic rings. The van der Waals surface area contributed by atoms with Crippen LogP contribution in [0.4, 0.5) is 0 Å². The van der Waals surface area contributed by atoms with Crippen molar-refractivity contribution in [3.05, 3.63) is 23.9 Å². The molecule has 1 aromatic heterocycles. The predicted molar refractivity (Wildman–Crippen MR) is 53.0 cm³/mol. The number of carbonyl (C=O) groups is 1. The minimum Gasteiger partial charge on any atom is -0.481 e. The van der Waals surface area contributed by atoms with E-state index in [1.54, 1.807) is 25.4 Å². The fourth-order valence-electron chi connectivity index (χ4n) is 1.04. The third-order valence-electron chi connectivity index (χ3n) is 1.71. The monoisotopic (exact) mass is 189 g/mol. The third kappa shape index (κ3) is 2.91. The molecule has 1 heterocycles. The third-order valence-corrected chi connectivity index (χ3v) is 1.71. The molecule has 1 rings (SSSR count). The first-order chi connectivity index (χ1) is 6.76. The highest BCUT2D eigenvalue weighted by molar-refractivity contribution is 5.82. The Kier molecular flexibility index (Phi) is 3.69. The van der Waals surface area contributed by atoms with E-state index >= 15 is 0 Å². The molecule has 0 spiro atoms. The lowest BCUT2D eigenvalue weighted by atomic mass is 10.1. The van der Waals surface area contributed by atoms with Crippen LogP contribution < -0.4 is 4.74 Å². The molecule has 72 valence electrons. The molecule has 3 nitrogen and oxygen atoms in total. The number of hydrogen-bond acceptors (Lipinski definition) is 3. The molecule has 0 bridgehead atoms. The van der Waals surface area contributed by atoms with Crippen molar-refractivity contribution in [2.24, 2.45) is 0 Å². The van der Waals surface area contributed by atoms with Gasteiger partial charge in [0.25, 0.3) is 0 Å². The fourth-order valence-corrected chi connectivity index (χ4v) is 1.04. The zero-order valence-corrected chi connectivity index (χ0v) is 7.99. The van der Waals surface area contributed by atoms with Gasteiger partial charge in [0.1, 0.15) is 5.78 Å².